The van der Waals surface area contributed by atoms with Gasteiger partial charge in [-0.3, -0.25) is 9.78 Å². The number of likely N-dealkylation sites (tertiary alicyclic amines) is 1. The summed E-state index contributed by atoms with van der Waals surface area (Å²) in [4.78, 5) is 18.4. The van der Waals surface area contributed by atoms with Crippen LogP contribution in [-0.4, -0.2) is 50.5 Å². The van der Waals surface area contributed by atoms with Crippen molar-refractivity contribution in [3.05, 3.63) is 59.9 Å². The summed E-state index contributed by atoms with van der Waals surface area (Å²) in [6, 6.07) is 11.4. The van der Waals surface area contributed by atoms with Gasteiger partial charge in [0.1, 0.15) is 0 Å². The van der Waals surface area contributed by atoms with Crippen LogP contribution >= 0.6 is 0 Å². The summed E-state index contributed by atoms with van der Waals surface area (Å²) in [5.41, 5.74) is 0.966. The van der Waals surface area contributed by atoms with Crippen molar-refractivity contribution in [1.82, 2.24) is 14.6 Å². The lowest BCUT2D eigenvalue weighted by Gasteiger charge is -2.16. The number of methoxy groups -OCH3 is 1. The third-order valence-corrected chi connectivity index (χ3v) is 5.73. The molecule has 1 atom stereocenters. The second-order valence-corrected chi connectivity index (χ2v) is 7.84. The zero-order valence-electron chi connectivity index (χ0n) is 14.5. The van der Waals surface area contributed by atoms with Gasteiger partial charge in [-0.1, -0.05) is 12.1 Å². The third kappa shape index (κ3) is 4.27. The van der Waals surface area contributed by atoms with Crippen molar-refractivity contribution in [1.29, 1.82) is 0 Å². The van der Waals surface area contributed by atoms with E-state index in [4.69, 9.17) is 4.74 Å². The molecule has 7 nitrogen and oxygen atoms in total. The quantitative estimate of drug-likeness (QED) is 0.825. The number of hydrogen-bond donors (Lipinski definition) is 1. The van der Waals surface area contributed by atoms with Gasteiger partial charge in [0.25, 0.3) is 5.91 Å². The molecule has 1 aromatic heterocycles. The number of carbonyl (C=O) groups excluding carboxylic acids is 1. The SMILES string of the molecule is CO[C@H]1CCN(C(=O)c2cccc(S(=O)(=O)NCc3ccccn3)c2)C1. The van der Waals surface area contributed by atoms with E-state index in [9.17, 15) is 13.2 Å². The Balaban J connectivity index is 1.72. The van der Waals surface area contributed by atoms with Gasteiger partial charge in [0.2, 0.25) is 10.0 Å². The molecule has 1 N–H and O–H groups in total. The second-order valence-electron chi connectivity index (χ2n) is 6.07. The summed E-state index contributed by atoms with van der Waals surface area (Å²) in [6.07, 6.45) is 2.42. The first kappa shape index (κ1) is 18.5. The van der Waals surface area contributed by atoms with Crippen molar-refractivity contribution >= 4 is 15.9 Å². The molecule has 1 aliphatic heterocycles. The number of amides is 1. The first-order chi connectivity index (χ1) is 12.5. The van der Waals surface area contributed by atoms with Gasteiger partial charge in [0.05, 0.1) is 23.2 Å². The lowest BCUT2D eigenvalue weighted by molar-refractivity contribution is 0.0724. The Bertz CT molecular complexity index is 871. The molecule has 0 bridgehead atoms. The number of aromatic nitrogens is 1. The van der Waals surface area contributed by atoms with E-state index in [1.165, 1.54) is 12.1 Å². The fraction of sp³-hybridized carbons (Fsp3) is 0.333. The van der Waals surface area contributed by atoms with Crippen LogP contribution in [-0.2, 0) is 21.3 Å². The smallest absolute Gasteiger partial charge is 0.253 e. The number of ether oxygens (including phenoxy) is 1. The molecule has 2 heterocycles. The molecular weight excluding hydrogens is 354 g/mol. The maximum Gasteiger partial charge on any atom is 0.253 e. The van der Waals surface area contributed by atoms with E-state index in [1.807, 2.05) is 0 Å². The normalized spacial score (nSPS) is 17.4. The maximum atomic E-state index is 12.6. The number of pyridine rings is 1. The second kappa shape index (κ2) is 7.94. The van der Waals surface area contributed by atoms with E-state index in [-0.39, 0.29) is 23.5 Å². The first-order valence-electron chi connectivity index (χ1n) is 8.31. The lowest BCUT2D eigenvalue weighted by atomic mass is 10.2. The summed E-state index contributed by atoms with van der Waals surface area (Å²) in [6.45, 7) is 1.21. The molecule has 2 aromatic rings. The van der Waals surface area contributed by atoms with Crippen molar-refractivity contribution in [3.63, 3.8) is 0 Å². The Hall–Kier alpha value is -2.29. The summed E-state index contributed by atoms with van der Waals surface area (Å²) in [5.74, 6) is -0.189. The minimum atomic E-state index is -3.74. The Morgan fingerprint density at radius 3 is 2.85 bits per heavy atom. The Morgan fingerprint density at radius 1 is 1.31 bits per heavy atom. The molecule has 0 unspecified atom stereocenters. The number of nitrogens with zero attached hydrogens (tertiary/aromatic N) is 2. The van der Waals surface area contributed by atoms with Gasteiger partial charge < -0.3 is 9.64 Å². The van der Waals surface area contributed by atoms with Crippen molar-refractivity contribution in [3.8, 4) is 0 Å². The van der Waals surface area contributed by atoms with Crippen LogP contribution in [0.3, 0.4) is 0 Å². The predicted molar refractivity (Wildman–Crippen MR) is 96.0 cm³/mol. The van der Waals surface area contributed by atoms with Gasteiger partial charge in [-0.15, -0.1) is 0 Å². The Labute approximate surface area is 153 Å². The molecule has 0 radical (unpaired) electrons. The van der Waals surface area contributed by atoms with Crippen LogP contribution in [0.5, 0.6) is 0 Å². The third-order valence-electron chi connectivity index (χ3n) is 4.33. The highest BCUT2D eigenvalue weighted by Crippen LogP contribution is 2.18. The van der Waals surface area contributed by atoms with Crippen LogP contribution < -0.4 is 4.72 Å². The molecule has 0 aliphatic carbocycles. The molecule has 1 saturated heterocycles. The van der Waals surface area contributed by atoms with E-state index < -0.39 is 10.0 Å². The van der Waals surface area contributed by atoms with Gasteiger partial charge in [0, 0.05) is 32.0 Å². The number of benzene rings is 1. The average Bonchev–Trinajstić information content (AvgIpc) is 3.16. The molecule has 0 saturated carbocycles. The highest BCUT2D eigenvalue weighted by atomic mass is 32.2. The van der Waals surface area contributed by atoms with Gasteiger partial charge in [-0.25, -0.2) is 13.1 Å². The van der Waals surface area contributed by atoms with E-state index in [0.29, 0.717) is 24.3 Å². The number of sulfonamides is 1. The minimum absolute atomic E-state index is 0.0332. The molecule has 8 heteroatoms. The Kier molecular flexibility index (Phi) is 5.65. The molecule has 1 amide bonds. The van der Waals surface area contributed by atoms with Crippen LogP contribution in [0.25, 0.3) is 0 Å². The summed E-state index contributed by atoms with van der Waals surface area (Å²) in [5, 5.41) is 0. The largest absolute Gasteiger partial charge is 0.380 e. The molecule has 26 heavy (non-hydrogen) atoms. The minimum Gasteiger partial charge on any atom is -0.380 e. The number of carbonyl (C=O) groups is 1. The van der Waals surface area contributed by atoms with E-state index in [0.717, 1.165) is 6.42 Å². The molecule has 1 fully saturated rings. The zero-order valence-corrected chi connectivity index (χ0v) is 15.3. The highest BCUT2D eigenvalue weighted by molar-refractivity contribution is 7.89. The highest BCUT2D eigenvalue weighted by Gasteiger charge is 2.27. The molecular formula is C18H21N3O4S. The topological polar surface area (TPSA) is 88.6 Å². The van der Waals surface area contributed by atoms with Gasteiger partial charge in [-0.2, -0.15) is 0 Å². The first-order valence-corrected chi connectivity index (χ1v) is 9.79. The van der Waals surface area contributed by atoms with Crippen LogP contribution in [0.2, 0.25) is 0 Å². The zero-order chi connectivity index (χ0) is 18.6. The maximum absolute atomic E-state index is 12.6. The molecule has 1 aromatic carbocycles. The lowest BCUT2D eigenvalue weighted by Crippen LogP contribution is -2.30. The fourth-order valence-electron chi connectivity index (χ4n) is 2.84. The molecule has 0 spiro atoms. The summed E-state index contributed by atoms with van der Waals surface area (Å²) < 4.78 is 32.8. The summed E-state index contributed by atoms with van der Waals surface area (Å²) >= 11 is 0. The number of nitrogens with one attached hydrogen (secondary N) is 1. The Morgan fingerprint density at radius 2 is 2.15 bits per heavy atom. The van der Waals surface area contributed by atoms with Crippen molar-refractivity contribution in [2.75, 3.05) is 20.2 Å². The van der Waals surface area contributed by atoms with Crippen LogP contribution in [0.4, 0.5) is 0 Å². The number of rotatable bonds is 6. The standard InChI is InChI=1S/C18H21N3O4S/c1-25-16-8-10-21(13-16)18(22)14-5-4-7-17(11-14)26(23,24)20-12-15-6-2-3-9-19-15/h2-7,9,11,16,20H,8,10,12-13H2,1H3/t16-/m0/s1. The van der Waals surface area contributed by atoms with Crippen LogP contribution in [0, 0.1) is 0 Å². The van der Waals surface area contributed by atoms with E-state index in [2.05, 4.69) is 9.71 Å². The van der Waals surface area contributed by atoms with Crippen molar-refractivity contribution < 1.29 is 17.9 Å². The van der Waals surface area contributed by atoms with Crippen molar-refractivity contribution in [2.45, 2.75) is 24.0 Å². The van der Waals surface area contributed by atoms with Crippen molar-refractivity contribution in [2.24, 2.45) is 0 Å². The van der Waals surface area contributed by atoms with E-state index >= 15 is 0 Å². The van der Waals surface area contributed by atoms with Gasteiger partial charge in [0.15, 0.2) is 0 Å². The average molecular weight is 375 g/mol. The number of hydrogen-bond acceptors (Lipinski definition) is 5. The predicted octanol–water partition coefficient (Wildman–Crippen LogP) is 1.42. The fourth-order valence-corrected chi connectivity index (χ4v) is 3.88. The van der Waals surface area contributed by atoms with Gasteiger partial charge in [-0.05, 0) is 36.8 Å². The molecule has 3 rings (SSSR count). The monoisotopic (exact) mass is 375 g/mol. The molecule has 1 aliphatic rings. The van der Waals surface area contributed by atoms with E-state index in [1.54, 1.807) is 48.5 Å². The summed E-state index contributed by atoms with van der Waals surface area (Å²) in [7, 11) is -2.11. The molecule has 138 valence electrons. The van der Waals surface area contributed by atoms with Crippen LogP contribution in [0.1, 0.15) is 22.5 Å². The van der Waals surface area contributed by atoms with Crippen LogP contribution in [0.15, 0.2) is 53.6 Å². The van der Waals surface area contributed by atoms with Gasteiger partial charge >= 0.3 is 0 Å².